The molecule has 4 heteroatoms. The predicted octanol–water partition coefficient (Wildman–Crippen LogP) is 2.70. The lowest BCUT2D eigenvalue weighted by atomic mass is 9.95. The SMILES string of the molecule is Cc1cc(C(=O)NC2CCNC2)c(C)n1C1CCCCC1. The van der Waals surface area contributed by atoms with E-state index in [1.165, 1.54) is 37.8 Å². The maximum Gasteiger partial charge on any atom is 0.253 e. The first-order valence-electron chi connectivity index (χ1n) is 8.37. The minimum absolute atomic E-state index is 0.0962. The van der Waals surface area contributed by atoms with Gasteiger partial charge in [-0.3, -0.25) is 4.79 Å². The molecule has 21 heavy (non-hydrogen) atoms. The van der Waals surface area contributed by atoms with Gasteiger partial charge in [0.05, 0.1) is 5.56 Å². The molecule has 1 saturated carbocycles. The van der Waals surface area contributed by atoms with Crippen molar-refractivity contribution in [2.75, 3.05) is 13.1 Å². The number of amides is 1. The van der Waals surface area contributed by atoms with Gasteiger partial charge in [0.15, 0.2) is 0 Å². The third kappa shape index (κ3) is 3.00. The summed E-state index contributed by atoms with van der Waals surface area (Å²) >= 11 is 0. The fraction of sp³-hybridized carbons (Fsp3) is 0.706. The average molecular weight is 289 g/mol. The van der Waals surface area contributed by atoms with Gasteiger partial charge in [-0.05, 0) is 45.7 Å². The number of aromatic nitrogens is 1. The molecule has 116 valence electrons. The molecule has 1 aromatic rings. The van der Waals surface area contributed by atoms with Crippen LogP contribution in [-0.2, 0) is 0 Å². The van der Waals surface area contributed by atoms with Crippen LogP contribution in [0.5, 0.6) is 0 Å². The summed E-state index contributed by atoms with van der Waals surface area (Å²) < 4.78 is 2.40. The Bertz CT molecular complexity index is 508. The van der Waals surface area contributed by atoms with E-state index in [9.17, 15) is 4.79 Å². The molecule has 2 N–H and O–H groups in total. The zero-order valence-electron chi connectivity index (χ0n) is 13.2. The molecule has 1 amide bonds. The van der Waals surface area contributed by atoms with E-state index in [2.05, 4.69) is 35.1 Å². The van der Waals surface area contributed by atoms with Crippen LogP contribution in [0.3, 0.4) is 0 Å². The smallest absolute Gasteiger partial charge is 0.253 e. The number of rotatable bonds is 3. The van der Waals surface area contributed by atoms with Gasteiger partial charge >= 0.3 is 0 Å². The summed E-state index contributed by atoms with van der Waals surface area (Å²) in [4.78, 5) is 12.5. The Morgan fingerprint density at radius 3 is 2.67 bits per heavy atom. The van der Waals surface area contributed by atoms with Gasteiger partial charge in [-0.25, -0.2) is 0 Å². The first kappa shape index (κ1) is 14.6. The van der Waals surface area contributed by atoms with Crippen molar-refractivity contribution >= 4 is 5.91 Å². The summed E-state index contributed by atoms with van der Waals surface area (Å²) in [5.41, 5.74) is 3.24. The number of hydrogen-bond acceptors (Lipinski definition) is 2. The molecule has 0 aromatic carbocycles. The van der Waals surface area contributed by atoms with Crippen LogP contribution in [0, 0.1) is 13.8 Å². The van der Waals surface area contributed by atoms with Gasteiger partial charge in [0.1, 0.15) is 0 Å². The summed E-state index contributed by atoms with van der Waals surface area (Å²) in [6.07, 6.45) is 7.53. The Hall–Kier alpha value is -1.29. The average Bonchev–Trinajstić information content (AvgIpc) is 3.08. The van der Waals surface area contributed by atoms with Crippen molar-refractivity contribution in [3.8, 4) is 0 Å². The van der Waals surface area contributed by atoms with Crippen LogP contribution >= 0.6 is 0 Å². The highest BCUT2D eigenvalue weighted by atomic mass is 16.1. The molecule has 1 aliphatic carbocycles. The summed E-state index contributed by atoms with van der Waals surface area (Å²) in [5.74, 6) is 0.0962. The minimum atomic E-state index is 0.0962. The number of carbonyl (C=O) groups excluding carboxylic acids is 1. The first-order chi connectivity index (χ1) is 10.2. The molecule has 3 rings (SSSR count). The topological polar surface area (TPSA) is 46.1 Å². The van der Waals surface area contributed by atoms with Crippen LogP contribution in [0.4, 0.5) is 0 Å². The van der Waals surface area contributed by atoms with Crippen molar-refractivity contribution in [1.82, 2.24) is 15.2 Å². The molecule has 1 aliphatic heterocycles. The van der Waals surface area contributed by atoms with E-state index in [-0.39, 0.29) is 11.9 Å². The highest BCUT2D eigenvalue weighted by Gasteiger charge is 2.24. The molecule has 2 heterocycles. The van der Waals surface area contributed by atoms with Gasteiger partial charge < -0.3 is 15.2 Å². The predicted molar refractivity (Wildman–Crippen MR) is 84.8 cm³/mol. The van der Waals surface area contributed by atoms with E-state index in [0.29, 0.717) is 6.04 Å². The van der Waals surface area contributed by atoms with Gasteiger partial charge in [-0.2, -0.15) is 0 Å². The molecular weight excluding hydrogens is 262 g/mol. The second-order valence-corrected chi connectivity index (χ2v) is 6.61. The van der Waals surface area contributed by atoms with Gasteiger partial charge in [0.2, 0.25) is 0 Å². The Balaban J connectivity index is 1.77. The fourth-order valence-corrected chi connectivity index (χ4v) is 3.95. The quantitative estimate of drug-likeness (QED) is 0.898. The maximum atomic E-state index is 12.5. The van der Waals surface area contributed by atoms with E-state index < -0.39 is 0 Å². The molecule has 4 nitrogen and oxygen atoms in total. The highest BCUT2D eigenvalue weighted by molar-refractivity contribution is 5.96. The maximum absolute atomic E-state index is 12.5. The zero-order valence-corrected chi connectivity index (χ0v) is 13.2. The molecule has 0 bridgehead atoms. The zero-order chi connectivity index (χ0) is 14.8. The van der Waals surface area contributed by atoms with Crippen LogP contribution < -0.4 is 10.6 Å². The van der Waals surface area contributed by atoms with Crippen molar-refractivity contribution in [2.45, 2.75) is 64.5 Å². The number of nitrogens with zero attached hydrogens (tertiary/aromatic N) is 1. The molecule has 1 saturated heterocycles. The summed E-state index contributed by atoms with van der Waals surface area (Å²) in [6.45, 7) is 6.14. The van der Waals surface area contributed by atoms with E-state index in [0.717, 1.165) is 30.8 Å². The Morgan fingerprint density at radius 2 is 2.00 bits per heavy atom. The van der Waals surface area contributed by atoms with Crippen LogP contribution in [0.15, 0.2) is 6.07 Å². The van der Waals surface area contributed by atoms with Gasteiger partial charge in [-0.1, -0.05) is 19.3 Å². The van der Waals surface area contributed by atoms with Crippen LogP contribution in [0.1, 0.15) is 66.3 Å². The molecule has 0 spiro atoms. The van der Waals surface area contributed by atoms with Crippen molar-refractivity contribution in [2.24, 2.45) is 0 Å². The minimum Gasteiger partial charge on any atom is -0.348 e. The van der Waals surface area contributed by atoms with Crippen molar-refractivity contribution < 1.29 is 4.79 Å². The van der Waals surface area contributed by atoms with E-state index >= 15 is 0 Å². The number of hydrogen-bond donors (Lipinski definition) is 2. The van der Waals surface area contributed by atoms with Crippen LogP contribution in [0.25, 0.3) is 0 Å². The van der Waals surface area contributed by atoms with Crippen LogP contribution in [0.2, 0.25) is 0 Å². The van der Waals surface area contributed by atoms with Gasteiger partial charge in [0, 0.05) is 30.0 Å². The van der Waals surface area contributed by atoms with Gasteiger partial charge in [-0.15, -0.1) is 0 Å². The van der Waals surface area contributed by atoms with Crippen molar-refractivity contribution in [1.29, 1.82) is 0 Å². The Morgan fingerprint density at radius 1 is 1.24 bits per heavy atom. The van der Waals surface area contributed by atoms with E-state index in [4.69, 9.17) is 0 Å². The van der Waals surface area contributed by atoms with E-state index in [1.807, 2.05) is 0 Å². The monoisotopic (exact) mass is 289 g/mol. The third-order valence-electron chi connectivity index (χ3n) is 5.06. The lowest BCUT2D eigenvalue weighted by Crippen LogP contribution is -2.36. The fourth-order valence-electron chi connectivity index (χ4n) is 3.95. The normalized spacial score (nSPS) is 23.4. The summed E-state index contributed by atoms with van der Waals surface area (Å²) in [7, 11) is 0. The van der Waals surface area contributed by atoms with Gasteiger partial charge in [0.25, 0.3) is 5.91 Å². The summed E-state index contributed by atoms with van der Waals surface area (Å²) in [6, 6.07) is 2.95. The molecule has 1 unspecified atom stereocenters. The number of carbonyl (C=O) groups is 1. The molecule has 2 aliphatic rings. The largest absolute Gasteiger partial charge is 0.348 e. The Labute approximate surface area is 127 Å². The molecular formula is C17H27N3O. The molecule has 2 fully saturated rings. The second-order valence-electron chi connectivity index (χ2n) is 6.61. The molecule has 0 radical (unpaired) electrons. The standard InChI is InChI=1S/C17H27N3O/c1-12-10-16(17(21)19-14-8-9-18-11-14)13(2)20(12)15-6-4-3-5-7-15/h10,14-15,18H,3-9,11H2,1-2H3,(H,19,21). The summed E-state index contributed by atoms with van der Waals surface area (Å²) in [5, 5.41) is 6.46. The number of nitrogens with one attached hydrogen (secondary N) is 2. The Kier molecular flexibility index (Phi) is 4.34. The first-order valence-corrected chi connectivity index (χ1v) is 8.37. The lowest BCUT2D eigenvalue weighted by Gasteiger charge is -2.26. The van der Waals surface area contributed by atoms with Crippen LogP contribution in [-0.4, -0.2) is 29.6 Å². The lowest BCUT2D eigenvalue weighted by molar-refractivity contribution is 0.0939. The molecule has 1 atom stereocenters. The van der Waals surface area contributed by atoms with E-state index in [1.54, 1.807) is 0 Å². The van der Waals surface area contributed by atoms with Crippen molar-refractivity contribution in [3.05, 3.63) is 23.0 Å². The number of aryl methyl sites for hydroxylation is 1. The molecule has 1 aromatic heterocycles. The highest BCUT2D eigenvalue weighted by Crippen LogP contribution is 2.32. The third-order valence-corrected chi connectivity index (χ3v) is 5.06. The second kappa shape index (κ2) is 6.22. The van der Waals surface area contributed by atoms with Crippen molar-refractivity contribution in [3.63, 3.8) is 0 Å².